The van der Waals surface area contributed by atoms with E-state index >= 15 is 0 Å². The minimum absolute atomic E-state index is 0.249. The van der Waals surface area contributed by atoms with Crippen molar-refractivity contribution in [3.8, 4) is 11.5 Å². The van der Waals surface area contributed by atoms with Gasteiger partial charge in [0.05, 0.1) is 6.61 Å². The smallest absolute Gasteiger partial charge is 0.124 e. The maximum absolute atomic E-state index is 5.90. The summed E-state index contributed by atoms with van der Waals surface area (Å²) < 4.78 is 11.8. The van der Waals surface area contributed by atoms with Crippen molar-refractivity contribution in [3.63, 3.8) is 0 Å². The summed E-state index contributed by atoms with van der Waals surface area (Å²) in [4.78, 5) is 3.26. The predicted octanol–water partition coefficient (Wildman–Crippen LogP) is 4.18. The lowest BCUT2D eigenvalue weighted by Gasteiger charge is -2.13. The van der Waals surface area contributed by atoms with E-state index in [1.165, 1.54) is 22.0 Å². The number of H-pyrrole nitrogens is 1. The maximum atomic E-state index is 5.90. The number of hydrogen-bond acceptors (Lipinski definition) is 3. The topological polar surface area (TPSA) is 46.3 Å². The summed E-state index contributed by atoms with van der Waals surface area (Å²) in [6.07, 6.45) is 3.19. The Kier molecular flexibility index (Phi) is 4.36. The van der Waals surface area contributed by atoms with Crippen molar-refractivity contribution in [2.24, 2.45) is 0 Å². The fraction of sp³-hybridized carbons (Fsp3) is 0.333. The molecular weight excluding hydrogens is 312 g/mol. The van der Waals surface area contributed by atoms with Crippen molar-refractivity contribution < 1.29 is 9.47 Å². The molecule has 0 amide bonds. The normalized spacial score (nSPS) is 16.0. The van der Waals surface area contributed by atoms with Crippen molar-refractivity contribution in [2.45, 2.75) is 39.5 Å². The van der Waals surface area contributed by atoms with E-state index in [2.05, 4.69) is 53.6 Å². The molecule has 0 spiro atoms. The van der Waals surface area contributed by atoms with Crippen LogP contribution in [0, 0.1) is 0 Å². The number of nitrogens with one attached hydrogen (secondary N) is 2. The summed E-state index contributed by atoms with van der Waals surface area (Å²) in [6.45, 7) is 6.37. The second-order valence-corrected chi connectivity index (χ2v) is 6.59. The van der Waals surface area contributed by atoms with Gasteiger partial charge in [0.1, 0.15) is 17.6 Å². The molecule has 4 rings (SSSR count). The molecule has 1 aliphatic heterocycles. The SMILES string of the molecule is CCOc1cc2c(cc1CNCc1cccc3[nH]ccc13)OC(C)C2. The largest absolute Gasteiger partial charge is 0.494 e. The van der Waals surface area contributed by atoms with E-state index in [1.54, 1.807) is 0 Å². The van der Waals surface area contributed by atoms with Crippen LogP contribution >= 0.6 is 0 Å². The zero-order valence-corrected chi connectivity index (χ0v) is 14.8. The maximum Gasteiger partial charge on any atom is 0.124 e. The highest BCUT2D eigenvalue weighted by Gasteiger charge is 2.21. The molecular formula is C21H24N2O2. The highest BCUT2D eigenvalue weighted by Crippen LogP contribution is 2.35. The molecule has 1 aromatic heterocycles. The van der Waals surface area contributed by atoms with Gasteiger partial charge in [0.25, 0.3) is 0 Å². The number of aromatic nitrogens is 1. The molecule has 0 saturated heterocycles. The fourth-order valence-electron chi connectivity index (χ4n) is 3.55. The average molecular weight is 336 g/mol. The van der Waals surface area contributed by atoms with Gasteiger partial charge >= 0.3 is 0 Å². The standard InChI is InChI=1S/C21H24N2O2/c1-3-24-20-10-16-9-14(2)25-21(16)11-17(20)13-22-12-15-5-4-6-19-18(15)7-8-23-19/h4-8,10-11,14,22-23H,3,9,12-13H2,1-2H3. The fourth-order valence-corrected chi connectivity index (χ4v) is 3.55. The molecule has 0 fully saturated rings. The summed E-state index contributed by atoms with van der Waals surface area (Å²) in [5.41, 5.74) is 4.87. The van der Waals surface area contributed by atoms with Crippen molar-refractivity contribution in [2.75, 3.05) is 6.61 Å². The van der Waals surface area contributed by atoms with Gasteiger partial charge in [-0.3, -0.25) is 0 Å². The van der Waals surface area contributed by atoms with Crippen LogP contribution in [-0.4, -0.2) is 17.7 Å². The van der Waals surface area contributed by atoms with Crippen molar-refractivity contribution >= 4 is 10.9 Å². The molecule has 0 saturated carbocycles. The van der Waals surface area contributed by atoms with Crippen molar-refractivity contribution in [3.05, 3.63) is 59.3 Å². The first kappa shape index (κ1) is 16.0. The minimum atomic E-state index is 0.249. The molecule has 1 atom stereocenters. The number of rotatable bonds is 6. The monoisotopic (exact) mass is 336 g/mol. The van der Waals surface area contributed by atoms with Crippen LogP contribution in [0.4, 0.5) is 0 Å². The molecule has 3 aromatic rings. The zero-order valence-electron chi connectivity index (χ0n) is 14.8. The molecule has 0 bridgehead atoms. The zero-order chi connectivity index (χ0) is 17.2. The Hall–Kier alpha value is -2.46. The second kappa shape index (κ2) is 6.81. The van der Waals surface area contributed by atoms with E-state index in [0.717, 1.165) is 36.6 Å². The van der Waals surface area contributed by atoms with E-state index < -0.39 is 0 Å². The van der Waals surface area contributed by atoms with Gasteiger partial charge < -0.3 is 19.8 Å². The predicted molar refractivity (Wildman–Crippen MR) is 100 cm³/mol. The van der Waals surface area contributed by atoms with Crippen LogP contribution in [0.15, 0.2) is 42.6 Å². The number of hydrogen-bond donors (Lipinski definition) is 2. The van der Waals surface area contributed by atoms with Gasteiger partial charge in [0, 0.05) is 47.7 Å². The third-order valence-electron chi connectivity index (χ3n) is 4.70. The Balaban J connectivity index is 1.50. The number of ether oxygens (including phenoxy) is 2. The molecule has 130 valence electrons. The third-order valence-corrected chi connectivity index (χ3v) is 4.70. The molecule has 2 N–H and O–H groups in total. The molecule has 1 unspecified atom stereocenters. The minimum Gasteiger partial charge on any atom is -0.494 e. The van der Waals surface area contributed by atoms with Crippen LogP contribution in [0.3, 0.4) is 0 Å². The summed E-state index contributed by atoms with van der Waals surface area (Å²) >= 11 is 0. The van der Waals surface area contributed by atoms with Gasteiger partial charge in [-0.05, 0) is 43.7 Å². The first-order valence-electron chi connectivity index (χ1n) is 8.95. The quantitative estimate of drug-likeness (QED) is 0.710. The first-order chi connectivity index (χ1) is 12.2. The van der Waals surface area contributed by atoms with Crippen LogP contribution in [0.1, 0.15) is 30.5 Å². The second-order valence-electron chi connectivity index (χ2n) is 6.59. The van der Waals surface area contributed by atoms with E-state index in [1.807, 2.05) is 13.1 Å². The summed E-state index contributed by atoms with van der Waals surface area (Å²) in [5.74, 6) is 1.96. The molecule has 0 radical (unpaired) electrons. The summed E-state index contributed by atoms with van der Waals surface area (Å²) in [6, 6.07) is 12.8. The van der Waals surface area contributed by atoms with Crippen molar-refractivity contribution in [1.82, 2.24) is 10.3 Å². The molecule has 0 aliphatic carbocycles. The van der Waals surface area contributed by atoms with Crippen molar-refractivity contribution in [1.29, 1.82) is 0 Å². The van der Waals surface area contributed by atoms with Gasteiger partial charge in [-0.1, -0.05) is 12.1 Å². The van der Waals surface area contributed by atoms with Gasteiger partial charge in [0.15, 0.2) is 0 Å². The van der Waals surface area contributed by atoms with Crippen LogP contribution in [-0.2, 0) is 19.5 Å². The highest BCUT2D eigenvalue weighted by atomic mass is 16.5. The molecule has 4 heteroatoms. The third kappa shape index (κ3) is 3.22. The van der Waals surface area contributed by atoms with Crippen LogP contribution in [0.25, 0.3) is 10.9 Å². The Labute approximate surface area is 148 Å². The lowest BCUT2D eigenvalue weighted by molar-refractivity contribution is 0.254. The van der Waals surface area contributed by atoms with E-state index in [-0.39, 0.29) is 6.10 Å². The van der Waals surface area contributed by atoms with E-state index in [9.17, 15) is 0 Å². The summed E-state index contributed by atoms with van der Waals surface area (Å²) in [5, 5.41) is 4.82. The molecule has 4 nitrogen and oxygen atoms in total. The van der Waals surface area contributed by atoms with Gasteiger partial charge in [-0.25, -0.2) is 0 Å². The van der Waals surface area contributed by atoms with Gasteiger partial charge in [-0.2, -0.15) is 0 Å². The molecule has 25 heavy (non-hydrogen) atoms. The number of benzene rings is 2. The molecule has 2 heterocycles. The van der Waals surface area contributed by atoms with Crippen LogP contribution in [0.5, 0.6) is 11.5 Å². The Bertz CT molecular complexity index is 885. The number of aromatic amines is 1. The van der Waals surface area contributed by atoms with Crippen LogP contribution in [0.2, 0.25) is 0 Å². The molecule has 2 aromatic carbocycles. The van der Waals surface area contributed by atoms with Gasteiger partial charge in [-0.15, -0.1) is 0 Å². The van der Waals surface area contributed by atoms with Crippen LogP contribution < -0.4 is 14.8 Å². The Morgan fingerprint density at radius 3 is 2.96 bits per heavy atom. The lowest BCUT2D eigenvalue weighted by Crippen LogP contribution is -2.14. The van der Waals surface area contributed by atoms with Gasteiger partial charge in [0.2, 0.25) is 0 Å². The number of fused-ring (bicyclic) bond motifs is 2. The Morgan fingerprint density at radius 1 is 1.20 bits per heavy atom. The average Bonchev–Trinajstić information content (AvgIpc) is 3.21. The summed E-state index contributed by atoms with van der Waals surface area (Å²) in [7, 11) is 0. The van der Waals surface area contributed by atoms with E-state index in [0.29, 0.717) is 6.61 Å². The Morgan fingerprint density at radius 2 is 2.08 bits per heavy atom. The first-order valence-corrected chi connectivity index (χ1v) is 8.95. The van der Waals surface area contributed by atoms with E-state index in [4.69, 9.17) is 9.47 Å². The lowest BCUT2D eigenvalue weighted by atomic mass is 10.1. The highest BCUT2D eigenvalue weighted by molar-refractivity contribution is 5.82. The molecule has 1 aliphatic rings.